The van der Waals surface area contributed by atoms with Crippen LogP contribution in [0.15, 0.2) is 28.7 Å². The van der Waals surface area contributed by atoms with Crippen LogP contribution in [0.1, 0.15) is 25.5 Å². The number of hydrogen-bond donors (Lipinski definition) is 3. The van der Waals surface area contributed by atoms with E-state index in [1.165, 1.54) is 0 Å². The summed E-state index contributed by atoms with van der Waals surface area (Å²) in [6.45, 7) is 4.63. The Kier molecular flexibility index (Phi) is 6.12. The second kappa shape index (κ2) is 7.11. The lowest BCUT2D eigenvalue weighted by Gasteiger charge is -2.21. The van der Waals surface area contributed by atoms with E-state index in [1.807, 2.05) is 38.1 Å². The fourth-order valence-corrected chi connectivity index (χ4v) is 1.91. The van der Waals surface area contributed by atoms with E-state index in [-0.39, 0.29) is 18.6 Å². The van der Waals surface area contributed by atoms with Gasteiger partial charge in [-0.05, 0) is 30.5 Å². The van der Waals surface area contributed by atoms with E-state index in [0.717, 1.165) is 10.0 Å². The van der Waals surface area contributed by atoms with Crippen molar-refractivity contribution in [2.24, 2.45) is 5.92 Å². The number of nitrogens with one attached hydrogen (secondary N) is 1. The molecular weight excluding hydrogens is 282 g/mol. The predicted molar refractivity (Wildman–Crippen MR) is 72.8 cm³/mol. The molecule has 0 saturated heterocycles. The first-order valence-electron chi connectivity index (χ1n) is 5.82. The summed E-state index contributed by atoms with van der Waals surface area (Å²) in [5.41, 5.74) is 0.885. The van der Waals surface area contributed by atoms with Gasteiger partial charge in [-0.2, -0.15) is 0 Å². The van der Waals surface area contributed by atoms with Gasteiger partial charge in [0.15, 0.2) is 0 Å². The minimum Gasteiger partial charge on any atom is -0.396 e. The second-order valence-corrected chi connectivity index (χ2v) is 5.34. The van der Waals surface area contributed by atoms with Crippen LogP contribution in [0, 0.1) is 5.92 Å². The highest BCUT2D eigenvalue weighted by molar-refractivity contribution is 9.10. The maximum Gasteiger partial charge on any atom is 0.0914 e. The third-order valence-corrected chi connectivity index (χ3v) is 3.50. The predicted octanol–water partition coefficient (Wildman–Crippen LogP) is 2.09. The van der Waals surface area contributed by atoms with Crippen molar-refractivity contribution in [3.05, 3.63) is 34.3 Å². The molecular formula is C13H20BrNO2. The Morgan fingerprint density at radius 3 is 2.65 bits per heavy atom. The van der Waals surface area contributed by atoms with Gasteiger partial charge in [-0.25, -0.2) is 0 Å². The van der Waals surface area contributed by atoms with Crippen molar-refractivity contribution in [1.82, 2.24) is 5.32 Å². The lowest BCUT2D eigenvalue weighted by Crippen LogP contribution is -2.36. The Morgan fingerprint density at radius 2 is 2.06 bits per heavy atom. The molecule has 0 aliphatic rings. The third-order valence-electron chi connectivity index (χ3n) is 3.01. The summed E-state index contributed by atoms with van der Waals surface area (Å²) in [4.78, 5) is 0. The smallest absolute Gasteiger partial charge is 0.0914 e. The van der Waals surface area contributed by atoms with Gasteiger partial charge in [0.2, 0.25) is 0 Å². The molecule has 0 radical (unpaired) electrons. The summed E-state index contributed by atoms with van der Waals surface area (Å²) < 4.78 is 0.964. The summed E-state index contributed by atoms with van der Waals surface area (Å²) in [7, 11) is 0. The van der Waals surface area contributed by atoms with Crippen LogP contribution in [-0.2, 0) is 0 Å². The van der Waals surface area contributed by atoms with Gasteiger partial charge >= 0.3 is 0 Å². The minimum atomic E-state index is -0.527. The minimum absolute atomic E-state index is 0.154. The summed E-state index contributed by atoms with van der Waals surface area (Å²) in [5, 5.41) is 22.2. The van der Waals surface area contributed by atoms with E-state index in [9.17, 15) is 5.11 Å². The van der Waals surface area contributed by atoms with Gasteiger partial charge in [0, 0.05) is 23.7 Å². The van der Waals surface area contributed by atoms with Crippen LogP contribution in [0.5, 0.6) is 0 Å². The Hall–Kier alpha value is -0.420. The number of halogens is 1. The molecule has 0 fully saturated rings. The molecule has 0 aromatic heterocycles. The number of rotatable bonds is 6. The number of benzene rings is 1. The van der Waals surface area contributed by atoms with Gasteiger partial charge in [-0.3, -0.25) is 0 Å². The first-order chi connectivity index (χ1) is 8.04. The SMILES string of the molecule is CC(CO)C(C)NCC(O)c1cccc(Br)c1. The second-order valence-electron chi connectivity index (χ2n) is 4.43. The molecule has 3 N–H and O–H groups in total. The molecule has 1 aromatic carbocycles. The van der Waals surface area contributed by atoms with E-state index >= 15 is 0 Å². The Balaban J connectivity index is 2.47. The molecule has 0 aliphatic carbocycles. The van der Waals surface area contributed by atoms with E-state index in [2.05, 4.69) is 21.2 Å². The number of aliphatic hydroxyl groups excluding tert-OH is 2. The monoisotopic (exact) mass is 301 g/mol. The molecule has 1 aromatic rings. The molecule has 0 saturated carbocycles. The summed E-state index contributed by atoms with van der Waals surface area (Å²) >= 11 is 3.38. The normalized spacial score (nSPS) is 16.5. The molecule has 1 rings (SSSR count). The Bertz CT molecular complexity index is 346. The fraction of sp³-hybridized carbons (Fsp3) is 0.538. The van der Waals surface area contributed by atoms with Crippen molar-refractivity contribution in [3.63, 3.8) is 0 Å². The molecule has 0 heterocycles. The van der Waals surface area contributed by atoms with Crippen molar-refractivity contribution < 1.29 is 10.2 Å². The molecule has 96 valence electrons. The lowest BCUT2D eigenvalue weighted by atomic mass is 10.0. The highest BCUT2D eigenvalue weighted by Crippen LogP contribution is 2.17. The van der Waals surface area contributed by atoms with E-state index in [4.69, 9.17) is 5.11 Å². The van der Waals surface area contributed by atoms with Crippen LogP contribution in [0.3, 0.4) is 0 Å². The van der Waals surface area contributed by atoms with Crippen LogP contribution in [0.25, 0.3) is 0 Å². The number of hydrogen-bond acceptors (Lipinski definition) is 3. The van der Waals surface area contributed by atoms with E-state index < -0.39 is 6.10 Å². The molecule has 0 spiro atoms. The summed E-state index contributed by atoms with van der Waals surface area (Å²) in [6, 6.07) is 7.83. The van der Waals surface area contributed by atoms with Crippen molar-refractivity contribution in [3.8, 4) is 0 Å². The maximum atomic E-state index is 10.0. The van der Waals surface area contributed by atoms with Crippen LogP contribution in [-0.4, -0.2) is 29.4 Å². The Labute approximate surface area is 111 Å². The topological polar surface area (TPSA) is 52.5 Å². The van der Waals surface area contributed by atoms with Crippen molar-refractivity contribution in [2.75, 3.05) is 13.2 Å². The van der Waals surface area contributed by atoms with Gasteiger partial charge < -0.3 is 15.5 Å². The first kappa shape index (κ1) is 14.6. The van der Waals surface area contributed by atoms with Crippen molar-refractivity contribution in [2.45, 2.75) is 26.0 Å². The van der Waals surface area contributed by atoms with Gasteiger partial charge in [0.1, 0.15) is 0 Å². The van der Waals surface area contributed by atoms with Crippen LogP contribution in [0.2, 0.25) is 0 Å². The molecule has 0 amide bonds. The van der Waals surface area contributed by atoms with Gasteiger partial charge in [-0.15, -0.1) is 0 Å². The first-order valence-corrected chi connectivity index (χ1v) is 6.61. The molecule has 4 heteroatoms. The summed E-state index contributed by atoms with van der Waals surface area (Å²) in [6.07, 6.45) is -0.527. The third kappa shape index (κ3) is 4.76. The largest absolute Gasteiger partial charge is 0.396 e. The van der Waals surface area contributed by atoms with Crippen molar-refractivity contribution >= 4 is 15.9 Å². The van der Waals surface area contributed by atoms with Gasteiger partial charge in [0.05, 0.1) is 6.10 Å². The zero-order valence-electron chi connectivity index (χ0n) is 10.2. The average molecular weight is 302 g/mol. The van der Waals surface area contributed by atoms with E-state index in [0.29, 0.717) is 6.54 Å². The molecule has 3 nitrogen and oxygen atoms in total. The number of aliphatic hydroxyl groups is 2. The zero-order valence-corrected chi connectivity index (χ0v) is 11.8. The molecule has 3 atom stereocenters. The van der Waals surface area contributed by atoms with Gasteiger partial charge in [-0.1, -0.05) is 35.0 Å². The highest BCUT2D eigenvalue weighted by atomic mass is 79.9. The van der Waals surface area contributed by atoms with Crippen LogP contribution >= 0.6 is 15.9 Å². The molecule has 3 unspecified atom stereocenters. The lowest BCUT2D eigenvalue weighted by molar-refractivity contribution is 0.155. The Morgan fingerprint density at radius 1 is 1.35 bits per heavy atom. The van der Waals surface area contributed by atoms with Gasteiger partial charge in [0.25, 0.3) is 0 Å². The molecule has 0 bridgehead atoms. The fourth-order valence-electron chi connectivity index (χ4n) is 1.49. The standard InChI is InChI=1S/C13H20BrNO2/c1-9(8-16)10(2)15-7-13(17)11-4-3-5-12(14)6-11/h3-6,9-10,13,15-17H,7-8H2,1-2H3. The summed E-state index contributed by atoms with van der Waals surface area (Å²) in [5.74, 6) is 0.185. The highest BCUT2D eigenvalue weighted by Gasteiger charge is 2.13. The van der Waals surface area contributed by atoms with E-state index in [1.54, 1.807) is 0 Å². The quantitative estimate of drug-likeness (QED) is 0.754. The average Bonchev–Trinajstić information content (AvgIpc) is 2.34. The van der Waals surface area contributed by atoms with Crippen LogP contribution in [0.4, 0.5) is 0 Å². The van der Waals surface area contributed by atoms with Crippen molar-refractivity contribution in [1.29, 1.82) is 0 Å². The molecule has 17 heavy (non-hydrogen) atoms. The molecule has 0 aliphatic heterocycles. The zero-order chi connectivity index (χ0) is 12.8. The van der Waals surface area contributed by atoms with Crippen LogP contribution < -0.4 is 5.32 Å². The maximum absolute atomic E-state index is 10.0.